The Labute approximate surface area is 184 Å². The van der Waals surface area contributed by atoms with E-state index >= 15 is 0 Å². The lowest BCUT2D eigenvalue weighted by molar-refractivity contribution is -0.141. The number of amides is 5. The summed E-state index contributed by atoms with van der Waals surface area (Å²) in [6.07, 6.45) is 1.05. The molecule has 0 radical (unpaired) electrons. The lowest BCUT2D eigenvalue weighted by atomic mass is 10.0. The van der Waals surface area contributed by atoms with Crippen LogP contribution in [0.4, 0.5) is 0 Å². The monoisotopic (exact) mass is 439 g/mol. The first kappa shape index (κ1) is 26.4. The van der Waals surface area contributed by atoms with Crippen LogP contribution < -0.4 is 21.7 Å². The number of rotatable bonds is 11. The topological polar surface area (TPSA) is 151 Å². The Balaban J connectivity index is 2.72. The van der Waals surface area contributed by atoms with Crippen molar-refractivity contribution in [3.05, 3.63) is 0 Å². The molecule has 10 heteroatoms. The van der Waals surface area contributed by atoms with E-state index in [0.717, 1.165) is 0 Å². The second-order valence-corrected chi connectivity index (χ2v) is 9.01. The van der Waals surface area contributed by atoms with Crippen molar-refractivity contribution >= 4 is 29.5 Å². The third-order valence-corrected chi connectivity index (χ3v) is 5.31. The normalized spacial score (nSPS) is 19.2. The van der Waals surface area contributed by atoms with E-state index in [1.807, 2.05) is 34.6 Å². The van der Waals surface area contributed by atoms with Gasteiger partial charge in [0, 0.05) is 12.5 Å². The van der Waals surface area contributed by atoms with Gasteiger partial charge in [0.05, 0.1) is 6.54 Å². The van der Waals surface area contributed by atoms with Crippen molar-refractivity contribution < 1.29 is 24.0 Å². The molecule has 1 fully saturated rings. The summed E-state index contributed by atoms with van der Waals surface area (Å²) in [7, 11) is 0. The maximum absolute atomic E-state index is 12.7. The van der Waals surface area contributed by atoms with Gasteiger partial charge in [-0.05, 0) is 31.6 Å². The number of likely N-dealkylation sites (tertiary alicyclic amines) is 1. The van der Waals surface area contributed by atoms with Crippen LogP contribution in [0.3, 0.4) is 0 Å². The molecular formula is C21H37N5O5. The van der Waals surface area contributed by atoms with Crippen LogP contribution in [0.15, 0.2) is 0 Å². The van der Waals surface area contributed by atoms with Crippen molar-refractivity contribution in [1.82, 2.24) is 20.9 Å². The van der Waals surface area contributed by atoms with Crippen molar-refractivity contribution in [2.75, 3.05) is 13.1 Å². The van der Waals surface area contributed by atoms with Gasteiger partial charge in [-0.25, -0.2) is 0 Å². The van der Waals surface area contributed by atoms with Crippen LogP contribution in [0.2, 0.25) is 0 Å². The first-order chi connectivity index (χ1) is 14.3. The van der Waals surface area contributed by atoms with E-state index in [1.165, 1.54) is 6.92 Å². The molecule has 0 bridgehead atoms. The number of carbonyl (C=O) groups excluding carboxylic acids is 5. The number of primary amides is 1. The van der Waals surface area contributed by atoms with E-state index in [9.17, 15) is 24.0 Å². The third kappa shape index (κ3) is 7.84. The molecule has 4 atom stereocenters. The fraction of sp³-hybridized carbons (Fsp3) is 0.762. The smallest absolute Gasteiger partial charge is 0.243 e. The first-order valence-corrected chi connectivity index (χ1v) is 10.8. The van der Waals surface area contributed by atoms with Crippen molar-refractivity contribution in [2.45, 2.75) is 72.5 Å². The Morgan fingerprint density at radius 3 is 2.13 bits per heavy atom. The number of hydrogen-bond donors (Lipinski definition) is 4. The van der Waals surface area contributed by atoms with E-state index in [-0.39, 0.29) is 30.2 Å². The maximum Gasteiger partial charge on any atom is 0.243 e. The third-order valence-electron chi connectivity index (χ3n) is 5.31. The molecule has 31 heavy (non-hydrogen) atoms. The van der Waals surface area contributed by atoms with E-state index in [2.05, 4.69) is 16.0 Å². The van der Waals surface area contributed by atoms with Gasteiger partial charge in [-0.2, -0.15) is 0 Å². The molecule has 0 aromatic rings. The number of nitrogens with one attached hydrogen (secondary N) is 3. The van der Waals surface area contributed by atoms with Gasteiger partial charge in [0.15, 0.2) is 0 Å². The highest BCUT2D eigenvalue weighted by atomic mass is 16.2. The van der Waals surface area contributed by atoms with Crippen molar-refractivity contribution in [3.63, 3.8) is 0 Å². The van der Waals surface area contributed by atoms with E-state index in [0.29, 0.717) is 19.4 Å². The molecule has 0 saturated carbocycles. The Morgan fingerprint density at radius 1 is 1.06 bits per heavy atom. The van der Waals surface area contributed by atoms with Gasteiger partial charge in [0.25, 0.3) is 0 Å². The van der Waals surface area contributed by atoms with Crippen LogP contribution in [-0.2, 0) is 24.0 Å². The van der Waals surface area contributed by atoms with Gasteiger partial charge in [-0.1, -0.05) is 34.6 Å². The molecule has 0 spiro atoms. The Kier molecular flexibility index (Phi) is 9.93. The number of nitrogens with two attached hydrogens (primary N) is 1. The average Bonchev–Trinajstić information content (AvgIpc) is 2.97. The molecule has 0 aromatic carbocycles. The lowest BCUT2D eigenvalue weighted by Gasteiger charge is -2.30. The predicted octanol–water partition coefficient (Wildman–Crippen LogP) is -0.483. The van der Waals surface area contributed by atoms with Crippen LogP contribution >= 0.6 is 0 Å². The van der Waals surface area contributed by atoms with Gasteiger partial charge >= 0.3 is 0 Å². The van der Waals surface area contributed by atoms with Gasteiger partial charge < -0.3 is 26.6 Å². The van der Waals surface area contributed by atoms with Crippen LogP contribution in [0.25, 0.3) is 0 Å². The molecule has 5 N–H and O–H groups in total. The number of nitrogens with zero attached hydrogens (tertiary/aromatic N) is 1. The molecule has 1 aliphatic heterocycles. The molecule has 1 heterocycles. The minimum Gasteiger partial charge on any atom is -0.368 e. The van der Waals surface area contributed by atoms with E-state index in [1.54, 1.807) is 4.90 Å². The van der Waals surface area contributed by atoms with Crippen molar-refractivity contribution in [2.24, 2.45) is 23.5 Å². The molecule has 1 aliphatic rings. The SMILES string of the molecule is CC(C)C[C@@H](NC(=O)CNC(=O)C(C(C)C)N1CC[C@H](C)C1=O)C(=O)N[C@H](C)C(N)=O. The largest absolute Gasteiger partial charge is 0.368 e. The summed E-state index contributed by atoms with van der Waals surface area (Å²) in [5.41, 5.74) is 5.17. The quantitative estimate of drug-likeness (QED) is 0.343. The van der Waals surface area contributed by atoms with Crippen molar-refractivity contribution in [1.29, 1.82) is 0 Å². The van der Waals surface area contributed by atoms with E-state index < -0.39 is 41.8 Å². The zero-order valence-corrected chi connectivity index (χ0v) is 19.4. The summed E-state index contributed by atoms with van der Waals surface area (Å²) in [5.74, 6) is -2.33. The standard InChI is InChI=1S/C21H37N5O5/c1-11(2)9-15(19(29)24-14(6)18(22)28)25-16(27)10-23-20(30)17(12(3)4)26-8-7-13(5)21(26)31/h11-15,17H,7-10H2,1-6H3,(H2,22,28)(H,23,30)(H,24,29)(H,25,27)/t13-,14+,15+,17?/m0/s1. The number of carbonyl (C=O) groups is 5. The summed E-state index contributed by atoms with van der Waals surface area (Å²) < 4.78 is 0. The average molecular weight is 440 g/mol. The highest BCUT2D eigenvalue weighted by Gasteiger charge is 2.38. The van der Waals surface area contributed by atoms with Crippen LogP contribution in [0.5, 0.6) is 0 Å². The van der Waals surface area contributed by atoms with E-state index in [4.69, 9.17) is 5.73 Å². The van der Waals surface area contributed by atoms with Crippen LogP contribution in [0, 0.1) is 17.8 Å². The molecule has 0 aliphatic carbocycles. The van der Waals surface area contributed by atoms with Gasteiger partial charge in [-0.15, -0.1) is 0 Å². The number of hydrogen-bond acceptors (Lipinski definition) is 5. The highest BCUT2D eigenvalue weighted by Crippen LogP contribution is 2.23. The predicted molar refractivity (Wildman–Crippen MR) is 115 cm³/mol. The van der Waals surface area contributed by atoms with Crippen LogP contribution in [0.1, 0.15) is 54.4 Å². The van der Waals surface area contributed by atoms with Gasteiger partial charge in [0.1, 0.15) is 18.1 Å². The van der Waals surface area contributed by atoms with Crippen LogP contribution in [-0.4, -0.2) is 65.7 Å². The van der Waals surface area contributed by atoms with Gasteiger partial charge in [0.2, 0.25) is 29.5 Å². The molecule has 1 rings (SSSR count). The lowest BCUT2D eigenvalue weighted by Crippen LogP contribution is -2.55. The second-order valence-electron chi connectivity index (χ2n) is 9.01. The molecule has 176 valence electrons. The fourth-order valence-corrected chi connectivity index (χ4v) is 3.54. The molecular weight excluding hydrogens is 402 g/mol. The summed E-state index contributed by atoms with van der Waals surface area (Å²) >= 11 is 0. The minimum atomic E-state index is -0.869. The summed E-state index contributed by atoms with van der Waals surface area (Å²) in [5, 5.41) is 7.66. The Hall–Kier alpha value is -2.65. The first-order valence-electron chi connectivity index (χ1n) is 10.8. The Bertz CT molecular complexity index is 694. The molecule has 10 nitrogen and oxygen atoms in total. The Morgan fingerprint density at radius 2 is 1.68 bits per heavy atom. The summed E-state index contributed by atoms with van der Waals surface area (Å²) in [4.78, 5) is 62.7. The minimum absolute atomic E-state index is 0.0597. The zero-order valence-electron chi connectivity index (χ0n) is 19.4. The maximum atomic E-state index is 12.7. The fourth-order valence-electron chi connectivity index (χ4n) is 3.54. The molecule has 1 saturated heterocycles. The highest BCUT2D eigenvalue weighted by molar-refractivity contribution is 5.94. The molecule has 0 aromatic heterocycles. The van der Waals surface area contributed by atoms with Gasteiger partial charge in [-0.3, -0.25) is 24.0 Å². The molecule has 5 amide bonds. The van der Waals surface area contributed by atoms with Crippen molar-refractivity contribution in [3.8, 4) is 0 Å². The zero-order chi connectivity index (χ0) is 23.9. The summed E-state index contributed by atoms with van der Waals surface area (Å²) in [6, 6.07) is -2.39. The second kappa shape index (κ2) is 11.7. The summed E-state index contributed by atoms with van der Waals surface area (Å²) in [6.45, 7) is 11.0. The molecule has 1 unspecified atom stereocenters.